The monoisotopic (exact) mass is 289 g/mol. The highest BCUT2D eigenvalue weighted by molar-refractivity contribution is 7.89. The van der Waals surface area contributed by atoms with E-state index in [0.29, 0.717) is 23.9 Å². The van der Waals surface area contributed by atoms with E-state index in [1.54, 1.807) is 16.4 Å². The number of piperidine rings is 1. The summed E-state index contributed by atoms with van der Waals surface area (Å²) in [4.78, 5) is 0.408. The molecule has 3 rings (SSSR count). The van der Waals surface area contributed by atoms with Gasteiger partial charge in [-0.2, -0.15) is 4.31 Å². The van der Waals surface area contributed by atoms with Crippen LogP contribution in [-0.2, 0) is 10.0 Å². The minimum atomic E-state index is -3.35. The van der Waals surface area contributed by atoms with Gasteiger partial charge < -0.3 is 0 Å². The lowest BCUT2D eigenvalue weighted by Gasteiger charge is -2.30. The molecule has 1 aliphatic rings. The summed E-state index contributed by atoms with van der Waals surface area (Å²) in [6.07, 6.45) is 2.07. The third-order valence-electron chi connectivity index (χ3n) is 3.98. The van der Waals surface area contributed by atoms with Crippen molar-refractivity contribution in [3.8, 4) is 0 Å². The second kappa shape index (κ2) is 5.19. The zero-order chi connectivity index (χ0) is 14.2. The van der Waals surface area contributed by atoms with Gasteiger partial charge in [-0.15, -0.1) is 0 Å². The van der Waals surface area contributed by atoms with Gasteiger partial charge in [0.15, 0.2) is 0 Å². The molecule has 1 atom stereocenters. The van der Waals surface area contributed by atoms with Crippen LogP contribution in [0.15, 0.2) is 47.4 Å². The molecule has 1 aliphatic heterocycles. The molecule has 0 bridgehead atoms. The van der Waals surface area contributed by atoms with Gasteiger partial charge in [0, 0.05) is 13.1 Å². The molecule has 1 fully saturated rings. The molecule has 20 heavy (non-hydrogen) atoms. The van der Waals surface area contributed by atoms with Gasteiger partial charge in [-0.25, -0.2) is 8.42 Å². The Bertz CT molecular complexity index is 724. The van der Waals surface area contributed by atoms with Crippen molar-refractivity contribution in [2.45, 2.75) is 24.7 Å². The van der Waals surface area contributed by atoms with E-state index in [1.165, 1.54) is 0 Å². The van der Waals surface area contributed by atoms with Crippen LogP contribution in [0.2, 0.25) is 0 Å². The zero-order valence-corrected chi connectivity index (χ0v) is 12.4. The number of nitrogens with zero attached hydrogens (tertiary/aromatic N) is 1. The molecule has 1 heterocycles. The summed E-state index contributed by atoms with van der Waals surface area (Å²) in [5.41, 5.74) is 0. The molecular weight excluding hydrogens is 270 g/mol. The fraction of sp³-hybridized carbons (Fsp3) is 0.375. The van der Waals surface area contributed by atoms with Crippen LogP contribution in [0.3, 0.4) is 0 Å². The third-order valence-corrected chi connectivity index (χ3v) is 5.84. The van der Waals surface area contributed by atoms with E-state index in [4.69, 9.17) is 0 Å². The van der Waals surface area contributed by atoms with E-state index in [-0.39, 0.29) is 0 Å². The first-order chi connectivity index (χ1) is 9.57. The number of fused-ring (bicyclic) bond motifs is 1. The molecule has 0 aromatic heterocycles. The molecule has 0 unspecified atom stereocenters. The van der Waals surface area contributed by atoms with Crippen molar-refractivity contribution in [2.75, 3.05) is 13.1 Å². The van der Waals surface area contributed by atoms with Gasteiger partial charge in [0.25, 0.3) is 0 Å². The smallest absolute Gasteiger partial charge is 0.207 e. The molecule has 3 nitrogen and oxygen atoms in total. The van der Waals surface area contributed by atoms with Crippen LogP contribution >= 0.6 is 0 Å². The van der Waals surface area contributed by atoms with Gasteiger partial charge in [0.1, 0.15) is 0 Å². The minimum absolute atomic E-state index is 0.408. The van der Waals surface area contributed by atoms with Crippen LogP contribution in [0.4, 0.5) is 0 Å². The fourth-order valence-electron chi connectivity index (χ4n) is 2.84. The van der Waals surface area contributed by atoms with Crippen molar-refractivity contribution in [1.82, 2.24) is 4.31 Å². The summed E-state index contributed by atoms with van der Waals surface area (Å²) < 4.78 is 27.0. The second-order valence-corrected chi connectivity index (χ2v) is 7.56. The molecule has 4 heteroatoms. The van der Waals surface area contributed by atoms with Crippen molar-refractivity contribution in [2.24, 2.45) is 5.92 Å². The number of sulfonamides is 1. The molecule has 2 aromatic carbocycles. The van der Waals surface area contributed by atoms with E-state index in [1.807, 2.05) is 30.3 Å². The highest BCUT2D eigenvalue weighted by Gasteiger charge is 2.28. The number of benzene rings is 2. The maximum absolute atomic E-state index is 12.7. The first kappa shape index (κ1) is 13.6. The van der Waals surface area contributed by atoms with E-state index < -0.39 is 10.0 Å². The van der Waals surface area contributed by atoms with Crippen molar-refractivity contribution in [3.63, 3.8) is 0 Å². The zero-order valence-electron chi connectivity index (χ0n) is 11.6. The van der Waals surface area contributed by atoms with Crippen molar-refractivity contribution in [1.29, 1.82) is 0 Å². The predicted molar refractivity (Wildman–Crippen MR) is 81.1 cm³/mol. The van der Waals surface area contributed by atoms with Gasteiger partial charge in [-0.1, -0.05) is 37.3 Å². The highest BCUT2D eigenvalue weighted by atomic mass is 32.2. The van der Waals surface area contributed by atoms with Crippen LogP contribution in [-0.4, -0.2) is 25.8 Å². The second-order valence-electron chi connectivity index (χ2n) is 5.62. The SMILES string of the molecule is C[C@H]1CCCN(S(=O)(=O)c2ccc3ccccc3c2)C1. The Balaban J connectivity index is 2.00. The first-order valence-corrected chi connectivity index (χ1v) is 8.50. The van der Waals surface area contributed by atoms with Gasteiger partial charge >= 0.3 is 0 Å². The predicted octanol–water partition coefficient (Wildman–Crippen LogP) is 3.26. The Labute approximate surface area is 120 Å². The van der Waals surface area contributed by atoms with E-state index in [0.717, 1.165) is 23.6 Å². The fourth-order valence-corrected chi connectivity index (χ4v) is 4.48. The standard InChI is InChI=1S/C16H19NO2S/c1-13-5-4-10-17(12-13)20(18,19)16-9-8-14-6-2-3-7-15(14)11-16/h2-3,6-9,11,13H,4-5,10,12H2,1H3/t13-/m0/s1. The summed E-state index contributed by atoms with van der Waals surface area (Å²) in [5, 5.41) is 2.04. The Hall–Kier alpha value is -1.39. The summed E-state index contributed by atoms with van der Waals surface area (Å²) in [7, 11) is -3.35. The van der Waals surface area contributed by atoms with Crippen LogP contribution in [0.5, 0.6) is 0 Å². The van der Waals surface area contributed by atoms with E-state index in [9.17, 15) is 8.42 Å². The average molecular weight is 289 g/mol. The Morgan fingerprint density at radius 1 is 1.10 bits per heavy atom. The summed E-state index contributed by atoms with van der Waals surface area (Å²) in [6.45, 7) is 3.39. The Kier molecular flexibility index (Phi) is 3.52. The van der Waals surface area contributed by atoms with Crippen LogP contribution < -0.4 is 0 Å². The highest BCUT2D eigenvalue weighted by Crippen LogP contribution is 2.25. The molecule has 0 saturated carbocycles. The first-order valence-electron chi connectivity index (χ1n) is 7.06. The molecule has 0 aliphatic carbocycles. The lowest BCUT2D eigenvalue weighted by atomic mass is 10.0. The van der Waals surface area contributed by atoms with E-state index in [2.05, 4.69) is 6.92 Å². The number of hydrogen-bond acceptors (Lipinski definition) is 2. The maximum Gasteiger partial charge on any atom is 0.243 e. The number of rotatable bonds is 2. The Morgan fingerprint density at radius 3 is 2.60 bits per heavy atom. The molecule has 0 spiro atoms. The van der Waals surface area contributed by atoms with Gasteiger partial charge in [0.05, 0.1) is 4.90 Å². The van der Waals surface area contributed by atoms with Gasteiger partial charge in [0.2, 0.25) is 10.0 Å². The molecule has 0 amide bonds. The van der Waals surface area contributed by atoms with E-state index >= 15 is 0 Å². The van der Waals surface area contributed by atoms with Gasteiger partial charge in [-0.05, 0) is 41.7 Å². The average Bonchev–Trinajstić information content (AvgIpc) is 2.46. The molecule has 2 aromatic rings. The quantitative estimate of drug-likeness (QED) is 0.851. The van der Waals surface area contributed by atoms with Crippen LogP contribution in [0.25, 0.3) is 10.8 Å². The largest absolute Gasteiger partial charge is 0.243 e. The molecule has 1 saturated heterocycles. The van der Waals surface area contributed by atoms with Crippen molar-refractivity contribution >= 4 is 20.8 Å². The lowest BCUT2D eigenvalue weighted by molar-refractivity contribution is 0.281. The third kappa shape index (κ3) is 2.45. The molecule has 0 radical (unpaired) electrons. The van der Waals surface area contributed by atoms with Crippen molar-refractivity contribution in [3.05, 3.63) is 42.5 Å². The van der Waals surface area contributed by atoms with Crippen LogP contribution in [0, 0.1) is 5.92 Å². The van der Waals surface area contributed by atoms with Crippen LogP contribution in [0.1, 0.15) is 19.8 Å². The summed E-state index contributed by atoms with van der Waals surface area (Å²) in [5.74, 6) is 0.444. The topological polar surface area (TPSA) is 37.4 Å². The minimum Gasteiger partial charge on any atom is -0.207 e. The number of hydrogen-bond donors (Lipinski definition) is 0. The summed E-state index contributed by atoms with van der Waals surface area (Å²) >= 11 is 0. The Morgan fingerprint density at radius 2 is 1.85 bits per heavy atom. The molecular formula is C16H19NO2S. The maximum atomic E-state index is 12.7. The lowest BCUT2D eigenvalue weighted by Crippen LogP contribution is -2.39. The molecule has 0 N–H and O–H groups in total. The summed E-state index contributed by atoms with van der Waals surface area (Å²) in [6, 6.07) is 13.2. The normalized spacial score (nSPS) is 21.1. The van der Waals surface area contributed by atoms with Gasteiger partial charge in [-0.3, -0.25) is 0 Å². The van der Waals surface area contributed by atoms with Crippen molar-refractivity contribution < 1.29 is 8.42 Å². The molecule has 106 valence electrons.